The SMILES string of the molecule is Cc1csc(=O)n1Cc1nnc(-c2ccc(Cl)cc2)n1C. The van der Waals surface area contributed by atoms with Crippen molar-refractivity contribution in [2.24, 2.45) is 7.05 Å². The molecule has 0 unspecified atom stereocenters. The quantitative estimate of drug-likeness (QED) is 0.745. The average Bonchev–Trinajstić information content (AvgIpc) is 2.98. The molecular formula is C14H13ClN4OS. The van der Waals surface area contributed by atoms with Crippen LogP contribution in [-0.2, 0) is 13.6 Å². The molecule has 108 valence electrons. The van der Waals surface area contributed by atoms with Crippen molar-refractivity contribution >= 4 is 22.9 Å². The molecule has 0 fully saturated rings. The van der Waals surface area contributed by atoms with Crippen LogP contribution < -0.4 is 4.87 Å². The van der Waals surface area contributed by atoms with Gasteiger partial charge in [0.05, 0.1) is 6.54 Å². The van der Waals surface area contributed by atoms with Crippen LogP contribution in [0.4, 0.5) is 0 Å². The molecule has 0 aliphatic heterocycles. The van der Waals surface area contributed by atoms with Crippen LogP contribution in [0.25, 0.3) is 11.4 Å². The summed E-state index contributed by atoms with van der Waals surface area (Å²) in [6.07, 6.45) is 0. The maximum absolute atomic E-state index is 11.8. The normalized spacial score (nSPS) is 11.0. The molecule has 5 nitrogen and oxygen atoms in total. The molecular weight excluding hydrogens is 308 g/mol. The van der Waals surface area contributed by atoms with Gasteiger partial charge in [-0.1, -0.05) is 22.9 Å². The molecule has 3 aromatic rings. The minimum atomic E-state index is 0.0172. The lowest BCUT2D eigenvalue weighted by atomic mass is 10.2. The van der Waals surface area contributed by atoms with Crippen molar-refractivity contribution in [1.29, 1.82) is 0 Å². The van der Waals surface area contributed by atoms with Gasteiger partial charge in [-0.15, -0.1) is 10.2 Å². The summed E-state index contributed by atoms with van der Waals surface area (Å²) in [6, 6.07) is 7.44. The Hall–Kier alpha value is -1.92. The number of benzene rings is 1. The van der Waals surface area contributed by atoms with Crippen LogP contribution in [0.15, 0.2) is 34.4 Å². The summed E-state index contributed by atoms with van der Waals surface area (Å²) in [7, 11) is 1.89. The fourth-order valence-electron chi connectivity index (χ4n) is 2.09. The predicted octanol–water partition coefficient (Wildman–Crippen LogP) is 2.72. The zero-order valence-corrected chi connectivity index (χ0v) is 13.1. The summed E-state index contributed by atoms with van der Waals surface area (Å²) < 4.78 is 3.59. The van der Waals surface area contributed by atoms with Crippen LogP contribution in [0.3, 0.4) is 0 Å². The van der Waals surface area contributed by atoms with E-state index < -0.39 is 0 Å². The predicted molar refractivity (Wildman–Crippen MR) is 83.9 cm³/mol. The Kier molecular flexibility index (Phi) is 3.65. The van der Waals surface area contributed by atoms with E-state index in [2.05, 4.69) is 10.2 Å². The van der Waals surface area contributed by atoms with Gasteiger partial charge >= 0.3 is 4.87 Å². The summed E-state index contributed by atoms with van der Waals surface area (Å²) in [4.78, 5) is 11.8. The molecule has 0 aliphatic carbocycles. The van der Waals surface area contributed by atoms with E-state index in [0.29, 0.717) is 11.6 Å². The van der Waals surface area contributed by atoms with Gasteiger partial charge < -0.3 is 4.57 Å². The van der Waals surface area contributed by atoms with Crippen molar-refractivity contribution in [2.45, 2.75) is 13.5 Å². The van der Waals surface area contributed by atoms with Gasteiger partial charge in [0.1, 0.15) is 0 Å². The highest BCUT2D eigenvalue weighted by Crippen LogP contribution is 2.20. The lowest BCUT2D eigenvalue weighted by Crippen LogP contribution is -2.17. The molecule has 0 radical (unpaired) electrons. The minimum absolute atomic E-state index is 0.0172. The average molecular weight is 321 g/mol. The van der Waals surface area contributed by atoms with Crippen molar-refractivity contribution in [2.75, 3.05) is 0 Å². The fraction of sp³-hybridized carbons (Fsp3) is 0.214. The first-order chi connectivity index (χ1) is 10.1. The molecule has 1 aromatic carbocycles. The van der Waals surface area contributed by atoms with Gasteiger partial charge in [-0.3, -0.25) is 9.36 Å². The van der Waals surface area contributed by atoms with E-state index in [-0.39, 0.29) is 4.87 Å². The maximum atomic E-state index is 11.8. The number of hydrogen-bond acceptors (Lipinski definition) is 4. The first kappa shape index (κ1) is 14.0. The monoisotopic (exact) mass is 320 g/mol. The van der Waals surface area contributed by atoms with Crippen LogP contribution >= 0.6 is 22.9 Å². The third-order valence-electron chi connectivity index (χ3n) is 3.34. The van der Waals surface area contributed by atoms with Gasteiger partial charge in [-0.05, 0) is 31.2 Å². The number of aromatic nitrogens is 4. The molecule has 0 atom stereocenters. The molecule has 2 aromatic heterocycles. The van der Waals surface area contributed by atoms with Gasteiger partial charge in [0.2, 0.25) is 0 Å². The van der Waals surface area contributed by atoms with Gasteiger partial charge in [-0.25, -0.2) is 0 Å². The van der Waals surface area contributed by atoms with E-state index >= 15 is 0 Å². The summed E-state index contributed by atoms with van der Waals surface area (Å²) >= 11 is 7.09. The first-order valence-electron chi connectivity index (χ1n) is 6.35. The highest BCUT2D eigenvalue weighted by molar-refractivity contribution is 7.07. The molecule has 0 amide bonds. The molecule has 3 rings (SSSR count). The van der Waals surface area contributed by atoms with Crippen molar-refractivity contribution in [3.63, 3.8) is 0 Å². The highest BCUT2D eigenvalue weighted by Gasteiger charge is 2.13. The topological polar surface area (TPSA) is 52.7 Å². The lowest BCUT2D eigenvalue weighted by molar-refractivity contribution is 0.675. The van der Waals surface area contributed by atoms with Crippen LogP contribution in [0.1, 0.15) is 11.5 Å². The van der Waals surface area contributed by atoms with E-state index in [1.54, 1.807) is 4.57 Å². The Morgan fingerprint density at radius 1 is 1.24 bits per heavy atom. The van der Waals surface area contributed by atoms with Crippen LogP contribution in [0.2, 0.25) is 5.02 Å². The summed E-state index contributed by atoms with van der Waals surface area (Å²) in [5.41, 5.74) is 1.87. The number of thiazole rings is 1. The number of halogens is 1. The van der Waals surface area contributed by atoms with Crippen LogP contribution in [0.5, 0.6) is 0 Å². The molecule has 0 bridgehead atoms. The van der Waals surface area contributed by atoms with Crippen molar-refractivity contribution in [3.05, 3.63) is 55.9 Å². The second-order valence-corrected chi connectivity index (χ2v) is 5.99. The Morgan fingerprint density at radius 2 is 1.95 bits per heavy atom. The number of rotatable bonds is 3. The second-order valence-electron chi connectivity index (χ2n) is 4.73. The van der Waals surface area contributed by atoms with Gasteiger partial charge in [0, 0.05) is 28.7 Å². The molecule has 0 spiro atoms. The third kappa shape index (κ3) is 2.64. The van der Waals surface area contributed by atoms with E-state index in [9.17, 15) is 4.79 Å². The van der Waals surface area contributed by atoms with Crippen molar-refractivity contribution < 1.29 is 0 Å². The Balaban J connectivity index is 1.96. The molecule has 0 aliphatic rings. The van der Waals surface area contributed by atoms with Crippen LogP contribution in [0, 0.1) is 6.92 Å². The van der Waals surface area contributed by atoms with E-state index in [0.717, 1.165) is 22.9 Å². The zero-order chi connectivity index (χ0) is 15.0. The molecule has 0 saturated heterocycles. The molecule has 7 heteroatoms. The smallest absolute Gasteiger partial charge is 0.307 e. The number of hydrogen-bond donors (Lipinski definition) is 0. The zero-order valence-electron chi connectivity index (χ0n) is 11.6. The van der Waals surface area contributed by atoms with Crippen molar-refractivity contribution in [3.8, 4) is 11.4 Å². The van der Waals surface area contributed by atoms with E-state index in [4.69, 9.17) is 11.6 Å². The van der Waals surface area contributed by atoms with E-state index in [1.807, 2.05) is 48.2 Å². The molecule has 2 heterocycles. The summed E-state index contributed by atoms with van der Waals surface area (Å²) in [5.74, 6) is 1.49. The highest BCUT2D eigenvalue weighted by atomic mass is 35.5. The lowest BCUT2D eigenvalue weighted by Gasteiger charge is -2.06. The van der Waals surface area contributed by atoms with Crippen LogP contribution in [-0.4, -0.2) is 19.3 Å². The fourth-order valence-corrected chi connectivity index (χ4v) is 2.95. The van der Waals surface area contributed by atoms with E-state index in [1.165, 1.54) is 11.3 Å². The standard InChI is InChI=1S/C14H13ClN4OS/c1-9-8-21-14(20)19(9)7-12-16-17-13(18(12)2)10-3-5-11(15)6-4-10/h3-6,8H,7H2,1-2H3. The Bertz CT molecular complexity index is 832. The molecule has 0 saturated carbocycles. The summed E-state index contributed by atoms with van der Waals surface area (Å²) in [5, 5.41) is 10.9. The Morgan fingerprint density at radius 3 is 2.57 bits per heavy atom. The number of aryl methyl sites for hydroxylation is 1. The number of nitrogens with zero attached hydrogens (tertiary/aromatic N) is 4. The van der Waals surface area contributed by atoms with Crippen molar-refractivity contribution in [1.82, 2.24) is 19.3 Å². The minimum Gasteiger partial charge on any atom is -0.313 e. The third-order valence-corrected chi connectivity index (χ3v) is 4.48. The largest absolute Gasteiger partial charge is 0.313 e. The molecule has 21 heavy (non-hydrogen) atoms. The first-order valence-corrected chi connectivity index (χ1v) is 7.61. The Labute approximate surface area is 130 Å². The van der Waals surface area contributed by atoms with Gasteiger partial charge in [-0.2, -0.15) is 0 Å². The molecule has 0 N–H and O–H groups in total. The van der Waals surface area contributed by atoms with Gasteiger partial charge in [0.25, 0.3) is 0 Å². The summed E-state index contributed by atoms with van der Waals surface area (Å²) in [6.45, 7) is 2.33. The maximum Gasteiger partial charge on any atom is 0.307 e. The van der Waals surface area contributed by atoms with Gasteiger partial charge in [0.15, 0.2) is 11.6 Å². The second kappa shape index (κ2) is 5.46.